The minimum absolute atomic E-state index is 0. The van der Waals surface area contributed by atoms with Crippen LogP contribution in [0.1, 0.15) is 0 Å². The fourth-order valence-corrected chi connectivity index (χ4v) is 1.91. The van der Waals surface area contributed by atoms with E-state index < -0.39 is 10.1 Å². The Labute approximate surface area is 129 Å². The first-order valence-electron chi connectivity index (χ1n) is 4.69. The number of hydrogen-bond acceptors (Lipinski definition) is 3. The Hall–Kier alpha value is -0.594. The molecule has 0 amide bonds. The van der Waals surface area contributed by atoms with Crippen LogP contribution in [0.5, 0.6) is 0 Å². The van der Waals surface area contributed by atoms with Crippen LogP contribution in [0.15, 0.2) is 59.5 Å². The van der Waals surface area contributed by atoms with Crippen LogP contribution in [0.3, 0.4) is 0 Å². The van der Waals surface area contributed by atoms with Crippen LogP contribution in [0.4, 0.5) is 0 Å². The first kappa shape index (κ1) is 17.4. The van der Waals surface area contributed by atoms with Gasteiger partial charge in [0.2, 0.25) is 0 Å². The average Bonchev–Trinajstić information content (AvgIpc) is 2.29. The molecule has 0 heterocycles. The van der Waals surface area contributed by atoms with Crippen molar-refractivity contribution in [2.75, 3.05) is 0 Å². The normalized spacial score (nSPS) is 10.1. The molecule has 0 spiro atoms. The maximum atomic E-state index is 10.7. The molecule has 0 radical (unpaired) electrons. The van der Waals surface area contributed by atoms with Crippen molar-refractivity contribution in [2.45, 2.75) is 4.90 Å². The van der Waals surface area contributed by atoms with E-state index in [9.17, 15) is 13.0 Å². The second-order valence-electron chi connectivity index (χ2n) is 3.34. The fraction of sp³-hybridized carbons (Fsp3) is 0. The van der Waals surface area contributed by atoms with E-state index in [1.165, 1.54) is 12.1 Å². The van der Waals surface area contributed by atoms with E-state index in [1.807, 2.05) is 30.3 Å². The van der Waals surface area contributed by atoms with Crippen molar-refractivity contribution in [3.05, 3.63) is 54.6 Å². The Morgan fingerprint density at radius 1 is 0.778 bits per heavy atom. The van der Waals surface area contributed by atoms with Crippen LogP contribution in [-0.2, 0) is 10.1 Å². The molecule has 0 unspecified atom stereocenters. The topological polar surface area (TPSA) is 57.2 Å². The molecule has 0 aromatic heterocycles. The molecule has 0 saturated heterocycles. The van der Waals surface area contributed by atoms with Crippen LogP contribution < -0.4 is 12.4 Å². The predicted octanol–water partition coefficient (Wildman–Crippen LogP) is -1.12. The fourth-order valence-electron chi connectivity index (χ4n) is 1.44. The summed E-state index contributed by atoms with van der Waals surface area (Å²) < 4.78 is 32.2. The van der Waals surface area contributed by atoms with Gasteiger partial charge < -0.3 is 17.0 Å². The molecule has 2 rings (SSSR count). The van der Waals surface area contributed by atoms with Crippen LogP contribution in [0.2, 0.25) is 0 Å². The van der Waals surface area contributed by atoms with Crippen molar-refractivity contribution < 1.29 is 25.4 Å². The third-order valence-corrected chi connectivity index (χ3v) is 3.10. The molecule has 6 heteroatoms. The van der Waals surface area contributed by atoms with Crippen molar-refractivity contribution in [3.63, 3.8) is 0 Å². The standard InChI is InChI=1S/C12H10O3S.ClH.Mg/c13-16(14,15)12-8-6-11(7-9-12)10-4-2-1-3-5-10;;/h1-9H,(H,13,14,15);1H;/q;;+2/p-2. The molecule has 2 aromatic carbocycles. The van der Waals surface area contributed by atoms with Crippen LogP contribution in [0.25, 0.3) is 11.1 Å². The summed E-state index contributed by atoms with van der Waals surface area (Å²) in [4.78, 5) is -0.202. The maximum absolute atomic E-state index is 10.7. The Kier molecular flexibility index (Phi) is 6.87. The van der Waals surface area contributed by atoms with E-state index in [0.717, 1.165) is 11.1 Å². The smallest absolute Gasteiger partial charge is 1.00 e. The molecule has 0 aliphatic heterocycles. The van der Waals surface area contributed by atoms with Gasteiger partial charge in [-0.15, -0.1) is 0 Å². The molecule has 2 aromatic rings. The maximum Gasteiger partial charge on any atom is 2.00 e. The van der Waals surface area contributed by atoms with Crippen LogP contribution >= 0.6 is 0 Å². The van der Waals surface area contributed by atoms with Crippen LogP contribution in [-0.4, -0.2) is 36.0 Å². The van der Waals surface area contributed by atoms with Gasteiger partial charge in [0.1, 0.15) is 10.1 Å². The number of benzene rings is 2. The molecule has 90 valence electrons. The van der Waals surface area contributed by atoms with E-state index in [4.69, 9.17) is 0 Å². The third kappa shape index (κ3) is 4.26. The van der Waals surface area contributed by atoms with Gasteiger partial charge in [-0.25, -0.2) is 8.42 Å². The second-order valence-corrected chi connectivity index (χ2v) is 4.72. The molecule has 0 saturated carbocycles. The summed E-state index contributed by atoms with van der Waals surface area (Å²) in [5.74, 6) is 0. The minimum Gasteiger partial charge on any atom is -1.00 e. The van der Waals surface area contributed by atoms with Gasteiger partial charge in [-0.05, 0) is 23.3 Å². The largest absolute Gasteiger partial charge is 2.00 e. The van der Waals surface area contributed by atoms with E-state index in [1.54, 1.807) is 12.1 Å². The van der Waals surface area contributed by atoms with Gasteiger partial charge in [0.15, 0.2) is 0 Å². The molecule has 0 N–H and O–H groups in total. The Morgan fingerprint density at radius 2 is 1.22 bits per heavy atom. The Balaban J connectivity index is 0.00000144. The number of hydrogen-bond donors (Lipinski definition) is 0. The van der Waals surface area contributed by atoms with Gasteiger partial charge in [0, 0.05) is 0 Å². The zero-order chi connectivity index (χ0) is 11.6. The number of rotatable bonds is 2. The summed E-state index contributed by atoms with van der Waals surface area (Å²) in [5, 5.41) is 0. The quantitative estimate of drug-likeness (QED) is 0.521. The first-order valence-corrected chi connectivity index (χ1v) is 6.09. The summed E-state index contributed by atoms with van der Waals surface area (Å²) in [6.45, 7) is 0. The summed E-state index contributed by atoms with van der Waals surface area (Å²) in [7, 11) is -4.35. The Morgan fingerprint density at radius 3 is 1.67 bits per heavy atom. The molecule has 18 heavy (non-hydrogen) atoms. The SMILES string of the molecule is O=S(=O)([O-])c1ccc(-c2ccccc2)cc1.[Cl-].[Mg+2]. The van der Waals surface area contributed by atoms with Crippen molar-refractivity contribution in [1.29, 1.82) is 0 Å². The summed E-state index contributed by atoms with van der Waals surface area (Å²) in [5.41, 5.74) is 1.87. The monoisotopic (exact) mass is 292 g/mol. The van der Waals surface area contributed by atoms with Gasteiger partial charge in [0.05, 0.1) is 4.90 Å². The predicted molar refractivity (Wildman–Crippen MR) is 65.6 cm³/mol. The Bertz CT molecular complexity index is 582. The van der Waals surface area contributed by atoms with Gasteiger partial charge in [-0.3, -0.25) is 0 Å². The zero-order valence-electron chi connectivity index (χ0n) is 9.41. The second kappa shape index (κ2) is 7.11. The molecule has 0 atom stereocenters. The third-order valence-electron chi connectivity index (χ3n) is 2.25. The molecule has 3 nitrogen and oxygen atoms in total. The first-order chi connectivity index (χ1) is 7.57. The van der Waals surface area contributed by atoms with Crippen molar-refractivity contribution in [3.8, 4) is 11.1 Å². The molecule has 0 aliphatic carbocycles. The van der Waals surface area contributed by atoms with Gasteiger partial charge in [0.25, 0.3) is 0 Å². The molecular weight excluding hydrogens is 284 g/mol. The zero-order valence-corrected chi connectivity index (χ0v) is 12.4. The molecule has 0 bridgehead atoms. The summed E-state index contributed by atoms with van der Waals surface area (Å²) in [6, 6.07) is 15.4. The molecular formula is C12H9ClMgO3S. The summed E-state index contributed by atoms with van der Waals surface area (Å²) in [6.07, 6.45) is 0. The van der Waals surface area contributed by atoms with Gasteiger partial charge >= 0.3 is 23.1 Å². The summed E-state index contributed by atoms with van der Waals surface area (Å²) >= 11 is 0. The van der Waals surface area contributed by atoms with E-state index >= 15 is 0 Å². The molecule has 0 aliphatic rings. The van der Waals surface area contributed by atoms with E-state index in [2.05, 4.69) is 0 Å². The van der Waals surface area contributed by atoms with Gasteiger partial charge in [-0.1, -0.05) is 42.5 Å². The van der Waals surface area contributed by atoms with E-state index in [-0.39, 0.29) is 40.4 Å². The van der Waals surface area contributed by atoms with Gasteiger partial charge in [-0.2, -0.15) is 0 Å². The van der Waals surface area contributed by atoms with Crippen LogP contribution in [0, 0.1) is 0 Å². The van der Waals surface area contributed by atoms with Crippen molar-refractivity contribution in [2.24, 2.45) is 0 Å². The van der Waals surface area contributed by atoms with Crippen molar-refractivity contribution in [1.82, 2.24) is 0 Å². The average molecular weight is 293 g/mol. The minimum atomic E-state index is -4.35. The van der Waals surface area contributed by atoms with Crippen molar-refractivity contribution >= 4 is 33.2 Å². The number of halogens is 1. The van der Waals surface area contributed by atoms with E-state index in [0.29, 0.717) is 0 Å². The molecule has 0 fully saturated rings.